The van der Waals surface area contributed by atoms with Gasteiger partial charge in [0.1, 0.15) is 0 Å². The standard InChI is InChI=1S/C10H8N2O2S/c13-15(14)8-4-5-10(12-7-8)9-3-1-2-6-11-9/h1-7H,(H,13,14). The maximum absolute atomic E-state index is 10.7. The van der Waals surface area contributed by atoms with Crippen LogP contribution in [0.4, 0.5) is 0 Å². The molecule has 0 fully saturated rings. The van der Waals surface area contributed by atoms with Gasteiger partial charge in [0.25, 0.3) is 0 Å². The lowest BCUT2D eigenvalue weighted by Crippen LogP contribution is -1.91. The lowest BCUT2D eigenvalue weighted by atomic mass is 10.2. The van der Waals surface area contributed by atoms with Gasteiger partial charge in [-0.3, -0.25) is 9.97 Å². The summed E-state index contributed by atoms with van der Waals surface area (Å²) in [6.45, 7) is 0. The van der Waals surface area contributed by atoms with Gasteiger partial charge in [-0.15, -0.1) is 0 Å². The predicted molar refractivity (Wildman–Crippen MR) is 56.5 cm³/mol. The van der Waals surface area contributed by atoms with Crippen LogP contribution in [0.5, 0.6) is 0 Å². The first-order chi connectivity index (χ1) is 7.27. The Bertz CT molecular complexity index is 471. The summed E-state index contributed by atoms with van der Waals surface area (Å²) in [4.78, 5) is 8.46. The molecule has 0 aliphatic carbocycles. The van der Waals surface area contributed by atoms with Crippen molar-refractivity contribution < 1.29 is 8.76 Å². The van der Waals surface area contributed by atoms with Gasteiger partial charge in [-0.1, -0.05) is 6.07 Å². The van der Waals surface area contributed by atoms with Crippen molar-refractivity contribution in [1.29, 1.82) is 0 Å². The highest BCUT2D eigenvalue weighted by Crippen LogP contribution is 2.14. The molecule has 0 saturated carbocycles. The molecule has 0 spiro atoms. The fourth-order valence-electron chi connectivity index (χ4n) is 1.15. The molecule has 4 nitrogen and oxygen atoms in total. The lowest BCUT2D eigenvalue weighted by molar-refractivity contribution is 0.564. The molecule has 2 aromatic rings. The molecule has 2 rings (SSSR count). The predicted octanol–water partition coefficient (Wildman–Crippen LogP) is 1.72. The van der Waals surface area contributed by atoms with Crippen molar-refractivity contribution in [2.45, 2.75) is 4.90 Å². The smallest absolute Gasteiger partial charge is 0.188 e. The summed E-state index contributed by atoms with van der Waals surface area (Å²) in [5.41, 5.74) is 1.43. The van der Waals surface area contributed by atoms with Crippen LogP contribution in [0.1, 0.15) is 0 Å². The van der Waals surface area contributed by atoms with Crippen LogP contribution in [0.25, 0.3) is 11.4 Å². The Hall–Kier alpha value is -1.59. The quantitative estimate of drug-likeness (QED) is 0.783. The van der Waals surface area contributed by atoms with Gasteiger partial charge < -0.3 is 4.55 Å². The van der Waals surface area contributed by atoms with E-state index in [0.29, 0.717) is 5.69 Å². The maximum Gasteiger partial charge on any atom is 0.188 e. The molecule has 15 heavy (non-hydrogen) atoms. The topological polar surface area (TPSA) is 63.1 Å². The van der Waals surface area contributed by atoms with Crippen LogP contribution in [-0.4, -0.2) is 18.7 Å². The molecule has 0 aliphatic heterocycles. The van der Waals surface area contributed by atoms with E-state index in [1.165, 1.54) is 6.20 Å². The Morgan fingerprint density at radius 2 is 1.87 bits per heavy atom. The molecule has 0 aromatic carbocycles. The molecule has 1 unspecified atom stereocenters. The number of nitrogens with zero attached hydrogens (tertiary/aromatic N) is 2. The largest absolute Gasteiger partial charge is 0.302 e. The van der Waals surface area contributed by atoms with Crippen LogP contribution < -0.4 is 0 Å². The van der Waals surface area contributed by atoms with Crippen LogP contribution in [0.15, 0.2) is 47.6 Å². The zero-order chi connectivity index (χ0) is 10.7. The van der Waals surface area contributed by atoms with E-state index in [-0.39, 0.29) is 4.90 Å². The molecule has 0 saturated heterocycles. The van der Waals surface area contributed by atoms with E-state index < -0.39 is 11.1 Å². The van der Waals surface area contributed by atoms with Crippen molar-refractivity contribution >= 4 is 11.1 Å². The maximum atomic E-state index is 10.7. The van der Waals surface area contributed by atoms with Gasteiger partial charge in [0.05, 0.1) is 16.3 Å². The van der Waals surface area contributed by atoms with Crippen LogP contribution in [-0.2, 0) is 11.1 Å². The summed E-state index contributed by atoms with van der Waals surface area (Å²) in [6, 6.07) is 8.75. The Kier molecular flexibility index (Phi) is 2.84. The van der Waals surface area contributed by atoms with E-state index in [2.05, 4.69) is 9.97 Å². The van der Waals surface area contributed by atoms with Crippen molar-refractivity contribution in [2.24, 2.45) is 0 Å². The average molecular weight is 220 g/mol. The fourth-order valence-corrected chi connectivity index (χ4v) is 1.48. The molecule has 0 radical (unpaired) electrons. The first kappa shape index (κ1) is 9.95. The molecule has 1 atom stereocenters. The SMILES string of the molecule is O=S(O)c1ccc(-c2ccccn2)nc1. The highest BCUT2D eigenvalue weighted by Gasteiger charge is 2.02. The van der Waals surface area contributed by atoms with E-state index in [4.69, 9.17) is 4.55 Å². The van der Waals surface area contributed by atoms with Crippen molar-refractivity contribution in [2.75, 3.05) is 0 Å². The van der Waals surface area contributed by atoms with Gasteiger partial charge in [-0.05, 0) is 24.3 Å². The Balaban J connectivity index is 2.36. The molecule has 2 aromatic heterocycles. The second-order valence-corrected chi connectivity index (χ2v) is 3.81. The van der Waals surface area contributed by atoms with E-state index >= 15 is 0 Å². The average Bonchev–Trinajstić information content (AvgIpc) is 2.30. The Morgan fingerprint density at radius 1 is 1.07 bits per heavy atom. The normalized spacial score (nSPS) is 12.3. The summed E-state index contributed by atoms with van der Waals surface area (Å²) in [5.74, 6) is 0. The van der Waals surface area contributed by atoms with E-state index in [0.717, 1.165) is 5.69 Å². The number of aromatic nitrogens is 2. The van der Waals surface area contributed by atoms with Gasteiger partial charge in [0.2, 0.25) is 0 Å². The lowest BCUT2D eigenvalue weighted by Gasteiger charge is -1.99. The molecule has 0 amide bonds. The summed E-state index contributed by atoms with van der Waals surface area (Å²) >= 11 is -1.98. The van der Waals surface area contributed by atoms with E-state index in [1.807, 2.05) is 18.2 Å². The molecule has 1 N–H and O–H groups in total. The highest BCUT2D eigenvalue weighted by atomic mass is 32.2. The summed E-state index contributed by atoms with van der Waals surface area (Å²) in [7, 11) is 0. The van der Waals surface area contributed by atoms with E-state index in [9.17, 15) is 4.21 Å². The van der Waals surface area contributed by atoms with Crippen molar-refractivity contribution in [1.82, 2.24) is 9.97 Å². The molecule has 5 heteroatoms. The van der Waals surface area contributed by atoms with Crippen molar-refractivity contribution in [3.05, 3.63) is 42.7 Å². The fraction of sp³-hybridized carbons (Fsp3) is 0. The zero-order valence-electron chi connectivity index (χ0n) is 7.70. The third-order valence-electron chi connectivity index (χ3n) is 1.87. The number of rotatable bonds is 2. The number of pyridine rings is 2. The molecule has 0 bridgehead atoms. The van der Waals surface area contributed by atoms with Gasteiger partial charge in [0.15, 0.2) is 11.1 Å². The molecular weight excluding hydrogens is 212 g/mol. The minimum absolute atomic E-state index is 0.287. The second-order valence-electron chi connectivity index (χ2n) is 2.84. The van der Waals surface area contributed by atoms with Crippen LogP contribution in [0, 0.1) is 0 Å². The zero-order valence-corrected chi connectivity index (χ0v) is 8.52. The van der Waals surface area contributed by atoms with E-state index in [1.54, 1.807) is 18.3 Å². The van der Waals surface area contributed by atoms with Gasteiger partial charge in [-0.2, -0.15) is 0 Å². The van der Waals surface area contributed by atoms with Gasteiger partial charge >= 0.3 is 0 Å². The molecule has 0 aliphatic rings. The minimum atomic E-state index is -1.98. The number of hydrogen-bond donors (Lipinski definition) is 1. The van der Waals surface area contributed by atoms with Gasteiger partial charge in [0, 0.05) is 12.4 Å². The van der Waals surface area contributed by atoms with Crippen LogP contribution >= 0.6 is 0 Å². The van der Waals surface area contributed by atoms with Crippen LogP contribution in [0.2, 0.25) is 0 Å². The first-order valence-electron chi connectivity index (χ1n) is 4.26. The van der Waals surface area contributed by atoms with Gasteiger partial charge in [-0.25, -0.2) is 4.21 Å². The Morgan fingerprint density at radius 3 is 2.40 bits per heavy atom. The molecular formula is C10H8N2O2S. The summed E-state index contributed by atoms with van der Waals surface area (Å²) < 4.78 is 19.5. The monoisotopic (exact) mass is 220 g/mol. The highest BCUT2D eigenvalue weighted by molar-refractivity contribution is 7.79. The third-order valence-corrected chi connectivity index (χ3v) is 2.51. The van der Waals surface area contributed by atoms with Crippen molar-refractivity contribution in [3.63, 3.8) is 0 Å². The van der Waals surface area contributed by atoms with Crippen molar-refractivity contribution in [3.8, 4) is 11.4 Å². The summed E-state index contributed by atoms with van der Waals surface area (Å²) in [6.07, 6.45) is 3.05. The summed E-state index contributed by atoms with van der Waals surface area (Å²) in [5, 5.41) is 0. The molecule has 2 heterocycles. The second kappa shape index (κ2) is 4.29. The van der Waals surface area contributed by atoms with Crippen LogP contribution in [0.3, 0.4) is 0 Å². The Labute approximate surface area is 89.3 Å². The first-order valence-corrected chi connectivity index (χ1v) is 5.36. The third kappa shape index (κ3) is 2.26. The minimum Gasteiger partial charge on any atom is -0.302 e. The number of hydrogen-bond acceptors (Lipinski definition) is 3. The molecule has 76 valence electrons.